The molecule has 1 aromatic heterocycles. The molecule has 0 unspecified atom stereocenters. The Kier molecular flexibility index (Phi) is 8.75. The lowest BCUT2D eigenvalue weighted by Crippen LogP contribution is -2.22. The van der Waals surface area contributed by atoms with Crippen LogP contribution >= 0.6 is 23.5 Å². The zero-order valence-electron chi connectivity index (χ0n) is 37.4. The highest BCUT2D eigenvalue weighted by atomic mass is 32.2. The molecule has 3 heterocycles. The van der Waals surface area contributed by atoms with Crippen molar-refractivity contribution in [3.05, 3.63) is 221 Å². The van der Waals surface area contributed by atoms with Crippen molar-refractivity contribution in [2.75, 3.05) is 9.80 Å². The van der Waals surface area contributed by atoms with Crippen molar-refractivity contribution in [3.8, 4) is 33.5 Å². The molecular weight excluding hydrogens is 851 g/mol. The van der Waals surface area contributed by atoms with Crippen molar-refractivity contribution in [2.24, 2.45) is 0 Å². The van der Waals surface area contributed by atoms with Crippen molar-refractivity contribution in [1.82, 2.24) is 4.98 Å². The minimum atomic E-state index is -0.149. The van der Waals surface area contributed by atoms with Gasteiger partial charge in [-0.15, -0.1) is 0 Å². The van der Waals surface area contributed by atoms with Crippen LogP contribution in [-0.4, -0.2) is 4.98 Å². The van der Waals surface area contributed by atoms with Gasteiger partial charge in [0, 0.05) is 59.2 Å². The smallest absolute Gasteiger partial charge is 0.0792 e. The molecule has 0 spiro atoms. The predicted octanol–water partition coefficient (Wildman–Crippen LogP) is 17.8. The molecule has 3 nitrogen and oxygen atoms in total. The second-order valence-electron chi connectivity index (χ2n) is 18.8. The number of pyridine rings is 1. The lowest BCUT2D eigenvalue weighted by molar-refractivity contribution is 0.660. The number of nitrogens with zero attached hydrogens (tertiary/aromatic N) is 3. The van der Waals surface area contributed by atoms with Crippen LogP contribution in [0.2, 0.25) is 0 Å². The number of benzene rings is 8. The van der Waals surface area contributed by atoms with E-state index in [0.29, 0.717) is 0 Å². The van der Waals surface area contributed by atoms with Crippen molar-refractivity contribution < 1.29 is 0 Å². The zero-order valence-corrected chi connectivity index (χ0v) is 39.0. The Morgan fingerprint density at radius 1 is 0.522 bits per heavy atom. The molecule has 0 fully saturated rings. The lowest BCUT2D eigenvalue weighted by atomic mass is 9.80. The van der Waals surface area contributed by atoms with E-state index < -0.39 is 0 Å². The molecule has 5 heteroatoms. The number of fused-ring (bicyclic) bond motifs is 8. The Labute approximate surface area is 399 Å². The molecular formula is C62H45N3S2. The van der Waals surface area contributed by atoms with E-state index in [9.17, 15) is 0 Å². The minimum Gasteiger partial charge on any atom is -0.312 e. The van der Waals surface area contributed by atoms with E-state index in [1.165, 1.54) is 108 Å². The second-order valence-corrected chi connectivity index (χ2v) is 21.1. The van der Waals surface area contributed by atoms with Crippen molar-refractivity contribution in [3.63, 3.8) is 0 Å². The standard InChI is InChI=1S/C62H45N3S2/c1-62(2)49-18-6-5-17-43(49)44-30-27-39(35-50(44)62)59-45-31-28-41(65-53-21-9-13-25-57(53)67-58-26-14-10-22-54(58)65)37-48(45)60(61-42-16-4-3-15-38(42)33-34-63-61)46-32-29-40(36-47(46)59)64-51-19-7-11-23-55(51)66-56-24-12-8-20-52(56)64/h3-9,11,13-21,23,25-37H,10,12,22,24H2,1-2H3. The number of para-hydroxylation sites is 2. The van der Waals surface area contributed by atoms with Gasteiger partial charge in [-0.1, -0.05) is 153 Å². The molecule has 0 saturated heterocycles. The van der Waals surface area contributed by atoms with Crippen LogP contribution in [0.5, 0.6) is 0 Å². The quantitative estimate of drug-likeness (QED) is 0.163. The van der Waals surface area contributed by atoms with Gasteiger partial charge in [0.25, 0.3) is 0 Å². The maximum absolute atomic E-state index is 5.34. The molecule has 0 bridgehead atoms. The van der Waals surface area contributed by atoms with E-state index in [2.05, 4.69) is 206 Å². The number of hydrogen-bond donors (Lipinski definition) is 0. The fourth-order valence-electron chi connectivity index (χ4n) is 11.7. The normalized spacial score (nSPS) is 16.6. The molecule has 67 heavy (non-hydrogen) atoms. The number of hydrogen-bond acceptors (Lipinski definition) is 5. The van der Waals surface area contributed by atoms with Gasteiger partial charge in [0.2, 0.25) is 0 Å². The third-order valence-electron chi connectivity index (χ3n) is 14.8. The van der Waals surface area contributed by atoms with Gasteiger partial charge in [0.15, 0.2) is 0 Å². The molecule has 0 N–H and O–H groups in total. The van der Waals surface area contributed by atoms with E-state index in [1.54, 1.807) is 0 Å². The first-order valence-corrected chi connectivity index (χ1v) is 25.2. The molecule has 0 atom stereocenters. The molecule has 0 saturated carbocycles. The number of aromatic nitrogens is 1. The lowest BCUT2D eigenvalue weighted by Gasteiger charge is -2.36. The fraction of sp³-hybridized carbons (Fsp3) is 0.113. The summed E-state index contributed by atoms with van der Waals surface area (Å²) in [6.45, 7) is 4.79. The average Bonchev–Trinajstić information content (AvgIpc) is 3.60. The first-order valence-electron chi connectivity index (χ1n) is 23.6. The molecule has 5 aliphatic rings. The predicted molar refractivity (Wildman–Crippen MR) is 285 cm³/mol. The number of thioether (sulfide) groups is 2. The Morgan fingerprint density at radius 3 is 2.06 bits per heavy atom. The molecule has 14 rings (SSSR count). The minimum absolute atomic E-state index is 0.149. The summed E-state index contributed by atoms with van der Waals surface area (Å²) in [5, 5.41) is 7.16. The van der Waals surface area contributed by atoms with Crippen molar-refractivity contribution >= 4 is 78.6 Å². The summed E-state index contributed by atoms with van der Waals surface area (Å²) < 4.78 is 0. The summed E-state index contributed by atoms with van der Waals surface area (Å²) in [4.78, 5) is 15.7. The highest BCUT2D eigenvalue weighted by Crippen LogP contribution is 2.56. The second kappa shape index (κ2) is 15.0. The third kappa shape index (κ3) is 5.90. The van der Waals surface area contributed by atoms with Crippen LogP contribution in [0.3, 0.4) is 0 Å². The molecule has 0 amide bonds. The summed E-state index contributed by atoms with van der Waals surface area (Å²) >= 11 is 3.83. The van der Waals surface area contributed by atoms with E-state index in [0.717, 1.165) is 48.0 Å². The summed E-state index contributed by atoms with van der Waals surface area (Å²) in [6.07, 6.45) is 15.5. The largest absolute Gasteiger partial charge is 0.312 e. The number of rotatable bonds is 4. The van der Waals surface area contributed by atoms with Crippen LogP contribution in [0.4, 0.5) is 22.7 Å². The van der Waals surface area contributed by atoms with Crippen LogP contribution < -0.4 is 9.80 Å². The van der Waals surface area contributed by atoms with Gasteiger partial charge in [-0.3, -0.25) is 4.98 Å². The third-order valence-corrected chi connectivity index (χ3v) is 17.1. The molecule has 8 aromatic carbocycles. The Hall–Kier alpha value is -7.05. The van der Waals surface area contributed by atoms with Crippen LogP contribution in [0.1, 0.15) is 50.7 Å². The topological polar surface area (TPSA) is 19.4 Å². The van der Waals surface area contributed by atoms with E-state index in [-0.39, 0.29) is 5.41 Å². The first-order chi connectivity index (χ1) is 33.0. The fourth-order valence-corrected chi connectivity index (χ4v) is 13.9. The van der Waals surface area contributed by atoms with Gasteiger partial charge >= 0.3 is 0 Å². The van der Waals surface area contributed by atoms with Crippen LogP contribution in [-0.2, 0) is 5.41 Å². The van der Waals surface area contributed by atoms with Gasteiger partial charge < -0.3 is 9.80 Å². The number of allylic oxidation sites excluding steroid dienone is 6. The van der Waals surface area contributed by atoms with Gasteiger partial charge in [0.1, 0.15) is 0 Å². The summed E-state index contributed by atoms with van der Waals surface area (Å²) in [5.41, 5.74) is 17.4. The van der Waals surface area contributed by atoms with Crippen LogP contribution in [0.25, 0.3) is 65.8 Å². The zero-order chi connectivity index (χ0) is 44.4. The average molecular weight is 896 g/mol. The van der Waals surface area contributed by atoms with Crippen LogP contribution in [0, 0.1) is 0 Å². The summed E-state index contributed by atoms with van der Waals surface area (Å²) in [6, 6.07) is 59.6. The van der Waals surface area contributed by atoms with Gasteiger partial charge in [-0.25, -0.2) is 0 Å². The highest BCUT2D eigenvalue weighted by molar-refractivity contribution is 8.03. The summed E-state index contributed by atoms with van der Waals surface area (Å²) in [7, 11) is 0. The summed E-state index contributed by atoms with van der Waals surface area (Å²) in [5.74, 6) is 0. The molecule has 0 radical (unpaired) electrons. The molecule has 9 aromatic rings. The Morgan fingerprint density at radius 2 is 1.19 bits per heavy atom. The van der Waals surface area contributed by atoms with Gasteiger partial charge in [-0.2, -0.15) is 0 Å². The maximum Gasteiger partial charge on any atom is 0.0792 e. The first kappa shape index (κ1) is 39.1. The van der Waals surface area contributed by atoms with Gasteiger partial charge in [0.05, 0.1) is 22.8 Å². The van der Waals surface area contributed by atoms with E-state index in [1.807, 2.05) is 29.7 Å². The highest BCUT2D eigenvalue weighted by Gasteiger charge is 2.36. The van der Waals surface area contributed by atoms with Crippen molar-refractivity contribution in [2.45, 2.75) is 54.7 Å². The SMILES string of the molecule is CC1(C)c2ccccc2-c2ccc(-c3c4cc(N5C6=C(CCC=C6)Sc6ccccc65)ccc4c(-c4nccc5ccccc45)c4cc(N5C6=C(C=CCC6)Sc6ccccc65)ccc34)cc21. The number of anilines is 4. The van der Waals surface area contributed by atoms with E-state index >= 15 is 0 Å². The van der Waals surface area contributed by atoms with E-state index in [4.69, 9.17) is 4.98 Å². The Balaban J connectivity index is 1.11. The maximum atomic E-state index is 5.34. The molecule has 2 aliphatic heterocycles. The Bertz CT molecular complexity index is 3750. The monoisotopic (exact) mass is 895 g/mol. The van der Waals surface area contributed by atoms with Crippen molar-refractivity contribution in [1.29, 1.82) is 0 Å². The van der Waals surface area contributed by atoms with Gasteiger partial charge in [-0.05, 0) is 153 Å². The van der Waals surface area contributed by atoms with Crippen LogP contribution in [0.15, 0.2) is 219 Å². The molecule has 3 aliphatic carbocycles. The molecule has 320 valence electrons.